The Balaban J connectivity index is -0.0000000150. The number of hydrogen-bond donors (Lipinski definition) is 2. The average molecular weight is 147 g/mol. The van der Waals surface area contributed by atoms with Gasteiger partial charge in [0.15, 0.2) is 0 Å². The summed E-state index contributed by atoms with van der Waals surface area (Å²) in [6.07, 6.45) is 0. The maximum atomic E-state index is 8.67. The van der Waals surface area contributed by atoms with Crippen LogP contribution < -0.4 is 0 Å². The average Bonchev–Trinajstić information content (AvgIpc) is 0.811. The number of hydrogen-bond acceptors (Lipinski definition) is 1. The molecule has 0 fully saturated rings. The van der Waals surface area contributed by atoms with Crippen LogP contribution in [0.5, 0.6) is 0 Å². The molecule has 0 saturated heterocycles. The summed E-state index contributed by atoms with van der Waals surface area (Å²) >= 11 is -2.61. The molecule has 7 heteroatoms. The standard InChI is InChI=1S/2Mg.H2O3S.O/c;;1-4(2)3;/h;;(H2,1,2,3);/q2*+2;;-2. The van der Waals surface area contributed by atoms with E-state index in [0.29, 0.717) is 0 Å². The van der Waals surface area contributed by atoms with E-state index >= 15 is 0 Å². The fourth-order valence-electron chi connectivity index (χ4n) is 0. The van der Waals surface area contributed by atoms with Crippen LogP contribution in [0.15, 0.2) is 0 Å². The van der Waals surface area contributed by atoms with E-state index < -0.39 is 11.4 Å². The van der Waals surface area contributed by atoms with E-state index in [4.69, 9.17) is 13.3 Å². The van der Waals surface area contributed by atoms with Crippen molar-refractivity contribution in [1.29, 1.82) is 0 Å². The van der Waals surface area contributed by atoms with Crippen molar-refractivity contribution in [3.63, 3.8) is 0 Å². The summed E-state index contributed by atoms with van der Waals surface area (Å²) in [5, 5.41) is 0. The molecule has 0 aromatic heterocycles. The first-order valence-electron chi connectivity index (χ1n) is 0.532. The van der Waals surface area contributed by atoms with Crippen molar-refractivity contribution in [2.75, 3.05) is 0 Å². The first kappa shape index (κ1) is 23.5. The van der Waals surface area contributed by atoms with Crippen LogP contribution >= 0.6 is 0 Å². The quantitative estimate of drug-likeness (QED) is 0.333. The zero-order chi connectivity index (χ0) is 3.58. The molecule has 0 heterocycles. The summed E-state index contributed by atoms with van der Waals surface area (Å²) in [5.74, 6) is 0. The Morgan fingerprint density at radius 2 is 1.14 bits per heavy atom. The van der Waals surface area contributed by atoms with E-state index in [2.05, 4.69) is 0 Å². The van der Waals surface area contributed by atoms with Crippen LogP contribution in [-0.4, -0.2) is 59.4 Å². The Kier molecular flexibility index (Phi) is 52.6. The van der Waals surface area contributed by atoms with Gasteiger partial charge in [-0.3, -0.25) is 9.11 Å². The summed E-state index contributed by atoms with van der Waals surface area (Å²) in [4.78, 5) is 0. The third-order valence-electron chi connectivity index (χ3n) is 0. The molecule has 0 aromatic carbocycles. The Morgan fingerprint density at radius 3 is 1.14 bits per heavy atom. The van der Waals surface area contributed by atoms with Crippen LogP contribution in [0.3, 0.4) is 0 Å². The molecule has 0 bridgehead atoms. The van der Waals surface area contributed by atoms with Crippen molar-refractivity contribution in [3.05, 3.63) is 0 Å². The fourth-order valence-corrected chi connectivity index (χ4v) is 0. The minimum atomic E-state index is -2.61. The van der Waals surface area contributed by atoms with Gasteiger partial charge in [-0.1, -0.05) is 0 Å². The summed E-state index contributed by atoms with van der Waals surface area (Å²) in [7, 11) is 0. The first-order valence-corrected chi connectivity index (χ1v) is 1.60. The molecule has 34 valence electrons. The van der Waals surface area contributed by atoms with Gasteiger partial charge in [0.05, 0.1) is 0 Å². The molecule has 2 N–H and O–H groups in total. The minimum absolute atomic E-state index is 0. The van der Waals surface area contributed by atoms with Crippen LogP contribution in [0.4, 0.5) is 0 Å². The van der Waals surface area contributed by atoms with E-state index in [1.54, 1.807) is 0 Å². The van der Waals surface area contributed by atoms with Gasteiger partial charge in [0.1, 0.15) is 0 Å². The normalized spacial score (nSPS) is 5.00. The topological polar surface area (TPSA) is 86.0 Å². The van der Waals surface area contributed by atoms with Crippen LogP contribution in [0, 0.1) is 0 Å². The van der Waals surface area contributed by atoms with Gasteiger partial charge in [-0.2, -0.15) is 4.21 Å². The molecule has 0 rings (SSSR count). The van der Waals surface area contributed by atoms with Gasteiger partial charge < -0.3 is 5.48 Å². The van der Waals surface area contributed by atoms with Gasteiger partial charge in [0.25, 0.3) is 11.4 Å². The first-order chi connectivity index (χ1) is 1.73. The van der Waals surface area contributed by atoms with Crippen molar-refractivity contribution in [2.24, 2.45) is 0 Å². The Bertz CT molecular complexity index is 32.7. The van der Waals surface area contributed by atoms with Crippen molar-refractivity contribution >= 4 is 57.5 Å². The molecule has 0 spiro atoms. The number of rotatable bonds is 0. The zero-order valence-corrected chi connectivity index (χ0v) is 7.18. The molecule has 4 nitrogen and oxygen atoms in total. The summed E-state index contributed by atoms with van der Waals surface area (Å²) in [6, 6.07) is 0. The third-order valence-corrected chi connectivity index (χ3v) is 0. The van der Waals surface area contributed by atoms with Gasteiger partial charge in [-0.05, 0) is 0 Å². The monoisotopic (exact) mass is 146 g/mol. The Labute approximate surface area is 75.8 Å². The molecule has 0 amide bonds. The van der Waals surface area contributed by atoms with Gasteiger partial charge in [0, 0.05) is 0 Å². The molecule has 0 aliphatic carbocycles. The minimum Gasteiger partial charge on any atom is -2.00 e. The van der Waals surface area contributed by atoms with E-state index in [1.807, 2.05) is 0 Å². The van der Waals surface area contributed by atoms with E-state index in [-0.39, 0.29) is 51.6 Å². The maximum Gasteiger partial charge on any atom is 2.00 e. The second-order valence-corrected chi connectivity index (χ2v) is 0.692. The molecule has 0 radical (unpaired) electrons. The molecule has 7 heavy (non-hydrogen) atoms. The second-order valence-electron chi connectivity index (χ2n) is 0.231. The summed E-state index contributed by atoms with van der Waals surface area (Å²) in [6.45, 7) is 0. The van der Waals surface area contributed by atoms with Crippen molar-refractivity contribution in [2.45, 2.75) is 0 Å². The van der Waals surface area contributed by atoms with Gasteiger partial charge in [-0.25, -0.2) is 0 Å². The predicted molar refractivity (Wildman–Crippen MR) is 25.6 cm³/mol. The fraction of sp³-hybridized carbons (Fsp3) is 0. The SMILES string of the molecule is O=S(O)O.[Mg+2].[Mg+2].[O-2]. The van der Waals surface area contributed by atoms with Crippen LogP contribution in [0.25, 0.3) is 0 Å². The second kappa shape index (κ2) is 15.6. The van der Waals surface area contributed by atoms with Crippen LogP contribution in [0.1, 0.15) is 0 Å². The van der Waals surface area contributed by atoms with Gasteiger partial charge in [-0.15, -0.1) is 0 Å². The molecule has 0 atom stereocenters. The Morgan fingerprint density at radius 1 is 1.14 bits per heavy atom. The molecule has 0 aliphatic heterocycles. The van der Waals surface area contributed by atoms with Gasteiger partial charge >= 0.3 is 46.1 Å². The smallest absolute Gasteiger partial charge is 2.00 e. The summed E-state index contributed by atoms with van der Waals surface area (Å²) in [5.41, 5.74) is 0. The van der Waals surface area contributed by atoms with E-state index in [1.165, 1.54) is 0 Å². The Hall–Kier alpha value is 1.56. The van der Waals surface area contributed by atoms with Crippen molar-refractivity contribution in [3.8, 4) is 0 Å². The molecular formula is H2Mg2O4S+2. The van der Waals surface area contributed by atoms with Crippen LogP contribution in [-0.2, 0) is 16.8 Å². The van der Waals surface area contributed by atoms with Crippen molar-refractivity contribution < 1.29 is 18.8 Å². The van der Waals surface area contributed by atoms with Crippen LogP contribution in [0.2, 0.25) is 0 Å². The molecule has 0 unspecified atom stereocenters. The maximum absolute atomic E-state index is 8.67. The van der Waals surface area contributed by atoms with E-state index in [9.17, 15) is 0 Å². The predicted octanol–water partition coefficient (Wildman–Crippen LogP) is -1.20. The zero-order valence-electron chi connectivity index (χ0n) is 3.53. The third kappa shape index (κ3) is 95.8. The largest absolute Gasteiger partial charge is 2.00 e. The summed E-state index contributed by atoms with van der Waals surface area (Å²) < 4.78 is 22.8. The molecule has 0 aromatic rings. The van der Waals surface area contributed by atoms with Gasteiger partial charge in [0.2, 0.25) is 0 Å². The molecule has 0 aliphatic rings. The molecule has 0 saturated carbocycles. The van der Waals surface area contributed by atoms with E-state index in [0.717, 1.165) is 0 Å². The molecular weight excluding hydrogens is 145 g/mol. The van der Waals surface area contributed by atoms with Crippen molar-refractivity contribution in [1.82, 2.24) is 0 Å².